The molecule has 1 aliphatic carbocycles. The van der Waals surface area contributed by atoms with Crippen molar-refractivity contribution < 1.29 is 24.5 Å². The Balaban J connectivity index is 1.74. The molecule has 7 nitrogen and oxygen atoms in total. The number of allylic oxidation sites excluding steroid dienone is 3. The van der Waals surface area contributed by atoms with E-state index in [-0.39, 0.29) is 22.8 Å². The van der Waals surface area contributed by atoms with Gasteiger partial charge in [0.1, 0.15) is 5.75 Å². The van der Waals surface area contributed by atoms with Crippen LogP contribution in [0.25, 0.3) is 0 Å². The Labute approximate surface area is 237 Å². The maximum absolute atomic E-state index is 13.0. The smallest absolute Gasteiger partial charge is 0.340 e. The average molecular weight is 559 g/mol. The van der Waals surface area contributed by atoms with Crippen molar-refractivity contribution in [2.24, 2.45) is 11.3 Å². The number of halogens is 1. The molecule has 1 aromatic carbocycles. The molecule has 2 unspecified atom stereocenters. The summed E-state index contributed by atoms with van der Waals surface area (Å²) < 4.78 is 6.49. The highest BCUT2D eigenvalue weighted by atomic mass is 35.5. The summed E-state index contributed by atoms with van der Waals surface area (Å²) in [7, 11) is 1.68. The molecular formula is C31H43ClN2O5. The van der Waals surface area contributed by atoms with Gasteiger partial charge < -0.3 is 24.7 Å². The minimum absolute atomic E-state index is 0.197. The molecule has 0 saturated heterocycles. The van der Waals surface area contributed by atoms with E-state index in [2.05, 4.69) is 24.0 Å². The summed E-state index contributed by atoms with van der Waals surface area (Å²) in [5, 5.41) is 22.3. The first-order valence-electron chi connectivity index (χ1n) is 14.4. The predicted octanol–water partition coefficient (Wildman–Crippen LogP) is 5.85. The Hall–Kier alpha value is -2.51. The molecule has 0 aromatic heterocycles. The topological polar surface area (TPSA) is 90.3 Å². The van der Waals surface area contributed by atoms with Gasteiger partial charge in [-0.25, -0.2) is 4.79 Å². The van der Waals surface area contributed by atoms with Gasteiger partial charge in [0.2, 0.25) is 5.91 Å². The van der Waals surface area contributed by atoms with E-state index in [1.165, 1.54) is 4.90 Å². The number of hydrogen-bond acceptors (Lipinski definition) is 5. The van der Waals surface area contributed by atoms with Crippen LogP contribution in [0.5, 0.6) is 5.75 Å². The fraction of sp³-hybridized carbons (Fsp3) is 0.613. The summed E-state index contributed by atoms with van der Waals surface area (Å²) >= 11 is 6.37. The number of carboxylic acid groups (broad SMARTS) is 1. The Morgan fingerprint density at radius 2 is 1.72 bits per heavy atom. The number of carbonyl (C=O) groups is 2. The zero-order valence-electron chi connectivity index (χ0n) is 23.3. The standard InChI is InChI=1S/C31H43ClN2O5/c1-30-15-14-25(32)19-23(30)11-7-10-18-34-17-9-6-4-3-5-8-16-33(2)28(35)21-31(38,29(36)37)24-12-13-27(39-22-30)26(34)20-24/h12-15,19-20,23,38H,3-11,16-18,21-22H2,1-2H3,(H,36,37)/t23?,30?,31-/m1/s1. The lowest BCUT2D eigenvalue weighted by atomic mass is 9.72. The molecule has 1 amide bonds. The summed E-state index contributed by atoms with van der Waals surface area (Å²) in [5.74, 6) is -0.891. The van der Waals surface area contributed by atoms with Crippen molar-refractivity contribution in [3.63, 3.8) is 0 Å². The summed E-state index contributed by atoms with van der Waals surface area (Å²) in [6.45, 7) is 4.80. The highest BCUT2D eigenvalue weighted by Gasteiger charge is 2.42. The minimum atomic E-state index is -2.33. The molecule has 39 heavy (non-hydrogen) atoms. The number of rotatable bonds is 1. The number of carboxylic acids is 1. The first kappa shape index (κ1) is 29.5. The van der Waals surface area contributed by atoms with Gasteiger partial charge in [-0.05, 0) is 55.4 Å². The SMILES string of the molecule is CN1CCCCCCCCN2CCCCC3C=C(Cl)C=CC3(C)COc3ccc(cc32)[C@@](O)(C(=O)O)CC1=O. The van der Waals surface area contributed by atoms with Crippen LogP contribution in [-0.2, 0) is 15.2 Å². The van der Waals surface area contributed by atoms with Crippen molar-refractivity contribution in [3.05, 3.63) is 47.0 Å². The summed E-state index contributed by atoms with van der Waals surface area (Å²) in [4.78, 5) is 29.2. The molecular weight excluding hydrogens is 516 g/mol. The number of ether oxygens (including phenoxy) is 1. The summed E-state index contributed by atoms with van der Waals surface area (Å²) in [6.07, 6.45) is 15.0. The quantitative estimate of drug-likeness (QED) is 0.449. The van der Waals surface area contributed by atoms with Crippen LogP contribution in [0, 0.1) is 11.3 Å². The fourth-order valence-electron chi connectivity index (χ4n) is 5.94. The molecule has 0 fully saturated rings. The minimum Gasteiger partial charge on any atom is -0.490 e. The zero-order chi connectivity index (χ0) is 28.0. The monoisotopic (exact) mass is 558 g/mol. The molecule has 3 atom stereocenters. The van der Waals surface area contributed by atoms with Gasteiger partial charge in [-0.15, -0.1) is 0 Å². The van der Waals surface area contributed by atoms with Crippen molar-refractivity contribution in [1.29, 1.82) is 0 Å². The molecule has 2 bridgehead atoms. The normalized spacial score (nSPS) is 29.5. The lowest BCUT2D eigenvalue weighted by Crippen LogP contribution is -2.42. The van der Waals surface area contributed by atoms with Gasteiger partial charge in [-0.2, -0.15) is 0 Å². The number of nitrogens with zero attached hydrogens (tertiary/aromatic N) is 2. The number of fused-ring (bicyclic) bond motifs is 2. The Morgan fingerprint density at radius 1 is 1.05 bits per heavy atom. The first-order valence-corrected chi connectivity index (χ1v) is 14.8. The molecule has 2 heterocycles. The second kappa shape index (κ2) is 12.8. The third kappa shape index (κ3) is 6.98. The van der Waals surface area contributed by atoms with Gasteiger partial charge in [-0.1, -0.05) is 68.8 Å². The molecule has 2 aliphatic heterocycles. The van der Waals surface area contributed by atoms with E-state index in [0.717, 1.165) is 81.6 Å². The van der Waals surface area contributed by atoms with E-state index in [1.54, 1.807) is 25.2 Å². The third-order valence-corrected chi connectivity index (χ3v) is 8.95. The van der Waals surface area contributed by atoms with Crippen molar-refractivity contribution in [1.82, 2.24) is 4.90 Å². The highest BCUT2D eigenvalue weighted by molar-refractivity contribution is 6.31. The van der Waals surface area contributed by atoms with Crippen LogP contribution in [0.1, 0.15) is 76.7 Å². The average Bonchev–Trinajstić information content (AvgIpc) is 2.93. The molecule has 0 saturated carbocycles. The zero-order valence-corrected chi connectivity index (χ0v) is 24.1. The van der Waals surface area contributed by atoms with E-state index < -0.39 is 18.0 Å². The maximum atomic E-state index is 13.0. The van der Waals surface area contributed by atoms with Crippen LogP contribution in [0.3, 0.4) is 0 Å². The van der Waals surface area contributed by atoms with Crippen LogP contribution in [0.15, 0.2) is 41.5 Å². The van der Waals surface area contributed by atoms with Gasteiger partial charge in [0.05, 0.1) is 18.7 Å². The molecule has 0 spiro atoms. The molecule has 4 rings (SSSR count). The van der Waals surface area contributed by atoms with Crippen LogP contribution in [0.2, 0.25) is 0 Å². The van der Waals surface area contributed by atoms with Crippen molar-refractivity contribution in [3.8, 4) is 5.75 Å². The second-order valence-electron chi connectivity index (χ2n) is 11.7. The lowest BCUT2D eigenvalue weighted by Gasteiger charge is -2.36. The highest BCUT2D eigenvalue weighted by Crippen LogP contribution is 2.42. The lowest BCUT2D eigenvalue weighted by molar-refractivity contribution is -0.164. The van der Waals surface area contributed by atoms with E-state index in [1.807, 2.05) is 6.08 Å². The number of anilines is 1. The maximum Gasteiger partial charge on any atom is 0.340 e. The number of benzene rings is 1. The fourth-order valence-corrected chi connectivity index (χ4v) is 6.15. The first-order chi connectivity index (χ1) is 18.6. The van der Waals surface area contributed by atoms with Crippen molar-refractivity contribution >= 4 is 29.2 Å². The van der Waals surface area contributed by atoms with E-state index >= 15 is 0 Å². The van der Waals surface area contributed by atoms with Gasteiger partial charge in [0.25, 0.3) is 0 Å². The van der Waals surface area contributed by atoms with E-state index in [9.17, 15) is 19.8 Å². The molecule has 1 aromatic rings. The van der Waals surface area contributed by atoms with E-state index in [0.29, 0.717) is 18.9 Å². The molecule has 8 heteroatoms. The Bertz CT molecular complexity index is 1100. The van der Waals surface area contributed by atoms with Gasteiger partial charge >= 0.3 is 5.97 Å². The van der Waals surface area contributed by atoms with Crippen LogP contribution < -0.4 is 9.64 Å². The van der Waals surface area contributed by atoms with Gasteiger partial charge in [-0.3, -0.25) is 4.79 Å². The Morgan fingerprint density at radius 3 is 2.44 bits per heavy atom. The van der Waals surface area contributed by atoms with Crippen molar-refractivity contribution in [2.45, 2.75) is 76.7 Å². The van der Waals surface area contributed by atoms with Crippen LogP contribution in [0.4, 0.5) is 5.69 Å². The summed E-state index contributed by atoms with van der Waals surface area (Å²) in [6, 6.07) is 5.08. The largest absolute Gasteiger partial charge is 0.490 e. The number of aliphatic hydroxyl groups is 1. The molecule has 214 valence electrons. The number of amides is 1. The molecule has 3 aliphatic rings. The number of carbonyl (C=O) groups excluding carboxylic acids is 1. The van der Waals surface area contributed by atoms with Gasteiger partial charge in [0, 0.05) is 37.1 Å². The second-order valence-corrected chi connectivity index (χ2v) is 12.2. The molecule has 0 radical (unpaired) electrons. The number of aliphatic carboxylic acids is 1. The summed E-state index contributed by atoms with van der Waals surface area (Å²) in [5.41, 5.74) is -1.59. The third-order valence-electron chi connectivity index (χ3n) is 8.70. The van der Waals surface area contributed by atoms with Crippen LogP contribution in [-0.4, -0.2) is 60.3 Å². The Kier molecular flexibility index (Phi) is 9.65. The number of hydrogen-bond donors (Lipinski definition) is 2. The molecule has 2 N–H and O–H groups in total. The van der Waals surface area contributed by atoms with Crippen LogP contribution >= 0.6 is 11.6 Å². The van der Waals surface area contributed by atoms with E-state index in [4.69, 9.17) is 16.3 Å². The van der Waals surface area contributed by atoms with Crippen molar-refractivity contribution in [2.75, 3.05) is 38.2 Å². The predicted molar refractivity (Wildman–Crippen MR) is 154 cm³/mol. The van der Waals surface area contributed by atoms with Gasteiger partial charge in [0.15, 0.2) is 5.60 Å².